The minimum atomic E-state index is -0.470. The lowest BCUT2D eigenvalue weighted by Gasteiger charge is -2.10. The Balaban J connectivity index is 1.70. The molecule has 0 fully saturated rings. The first-order valence-electron chi connectivity index (χ1n) is 9.72. The zero-order valence-corrected chi connectivity index (χ0v) is 17.9. The van der Waals surface area contributed by atoms with Crippen molar-refractivity contribution in [2.45, 2.75) is 6.92 Å². The number of carbonyl (C=O) groups is 2. The fourth-order valence-corrected chi connectivity index (χ4v) is 4.11. The number of thiazole rings is 1. The molecule has 0 aliphatic rings. The number of aromatic nitrogens is 1. The van der Waals surface area contributed by atoms with Crippen molar-refractivity contribution >= 4 is 39.1 Å². The lowest BCUT2D eigenvalue weighted by atomic mass is 10.1. The van der Waals surface area contributed by atoms with Crippen molar-refractivity contribution in [3.8, 4) is 17.0 Å². The van der Waals surface area contributed by atoms with Gasteiger partial charge >= 0.3 is 5.97 Å². The fourth-order valence-electron chi connectivity index (χ4n) is 3.23. The van der Waals surface area contributed by atoms with E-state index in [0.29, 0.717) is 27.0 Å². The molecule has 4 rings (SSSR count). The summed E-state index contributed by atoms with van der Waals surface area (Å²) in [7, 11) is 1.52. The van der Waals surface area contributed by atoms with E-state index in [1.165, 1.54) is 7.11 Å². The van der Waals surface area contributed by atoms with Crippen molar-refractivity contribution in [2.75, 3.05) is 19.0 Å². The number of methoxy groups -OCH3 is 1. The number of amides is 1. The first-order valence-corrected chi connectivity index (χ1v) is 10.5. The summed E-state index contributed by atoms with van der Waals surface area (Å²) < 4.78 is 10.6. The summed E-state index contributed by atoms with van der Waals surface area (Å²) in [4.78, 5) is 30.4. The molecule has 156 valence electrons. The predicted molar refractivity (Wildman–Crippen MR) is 122 cm³/mol. The SMILES string of the molecule is CCOC(=O)c1sc(NC(=O)c2cc3ccccc3cc2OC)nc1-c1ccccc1. The zero-order valence-electron chi connectivity index (χ0n) is 17.0. The van der Waals surface area contributed by atoms with Gasteiger partial charge in [0, 0.05) is 5.56 Å². The quantitative estimate of drug-likeness (QED) is 0.413. The number of fused-ring (bicyclic) bond motifs is 1. The van der Waals surface area contributed by atoms with Crippen LogP contribution in [0.3, 0.4) is 0 Å². The second-order valence-corrected chi connectivity index (χ2v) is 7.64. The molecule has 1 amide bonds. The molecule has 0 radical (unpaired) electrons. The van der Waals surface area contributed by atoms with Crippen molar-refractivity contribution < 1.29 is 19.1 Å². The smallest absolute Gasteiger partial charge is 0.350 e. The molecule has 31 heavy (non-hydrogen) atoms. The third kappa shape index (κ3) is 4.27. The number of nitrogens with one attached hydrogen (secondary N) is 1. The molecule has 0 saturated heterocycles. The number of nitrogens with zero attached hydrogens (tertiary/aromatic N) is 1. The van der Waals surface area contributed by atoms with Gasteiger partial charge < -0.3 is 9.47 Å². The number of carbonyl (C=O) groups excluding carboxylic acids is 2. The van der Waals surface area contributed by atoms with Crippen LogP contribution < -0.4 is 10.1 Å². The number of benzene rings is 3. The van der Waals surface area contributed by atoms with Crippen molar-refractivity contribution in [2.24, 2.45) is 0 Å². The molecule has 0 unspecified atom stereocenters. The summed E-state index contributed by atoms with van der Waals surface area (Å²) in [6.07, 6.45) is 0. The Bertz CT molecular complexity index is 1250. The summed E-state index contributed by atoms with van der Waals surface area (Å²) >= 11 is 1.08. The number of hydrogen-bond acceptors (Lipinski definition) is 6. The maximum Gasteiger partial charge on any atom is 0.350 e. The molecule has 0 aliphatic carbocycles. The molecule has 4 aromatic rings. The van der Waals surface area contributed by atoms with E-state index in [-0.39, 0.29) is 12.5 Å². The summed E-state index contributed by atoms with van der Waals surface area (Å²) in [6.45, 7) is 2.00. The normalized spacial score (nSPS) is 10.6. The van der Waals surface area contributed by atoms with Gasteiger partial charge in [-0.25, -0.2) is 9.78 Å². The summed E-state index contributed by atoms with van der Waals surface area (Å²) in [5, 5.41) is 5.01. The second-order valence-electron chi connectivity index (χ2n) is 6.64. The summed E-state index contributed by atoms with van der Waals surface area (Å²) in [5.41, 5.74) is 1.63. The predicted octanol–water partition coefficient (Wildman–Crippen LogP) is 5.40. The molecule has 1 N–H and O–H groups in total. The van der Waals surface area contributed by atoms with E-state index in [0.717, 1.165) is 27.7 Å². The lowest BCUT2D eigenvalue weighted by molar-refractivity contribution is 0.0532. The molecule has 0 aliphatic heterocycles. The summed E-state index contributed by atoms with van der Waals surface area (Å²) in [5.74, 6) is -0.379. The highest BCUT2D eigenvalue weighted by atomic mass is 32.1. The standard InChI is InChI=1S/C24H20N2O4S/c1-3-30-23(28)21-20(15-9-5-4-6-10-15)25-24(31-21)26-22(27)18-13-16-11-7-8-12-17(16)14-19(18)29-2/h4-14H,3H2,1-2H3,(H,25,26,27). The first kappa shape index (κ1) is 20.6. The van der Waals surface area contributed by atoms with Gasteiger partial charge in [0.25, 0.3) is 5.91 Å². The summed E-state index contributed by atoms with van der Waals surface area (Å²) in [6, 6.07) is 20.7. The van der Waals surface area contributed by atoms with Gasteiger partial charge in [-0.05, 0) is 29.8 Å². The van der Waals surface area contributed by atoms with Crippen LogP contribution in [-0.4, -0.2) is 30.6 Å². The van der Waals surface area contributed by atoms with Crippen LogP contribution in [0.4, 0.5) is 5.13 Å². The number of anilines is 1. The van der Waals surface area contributed by atoms with E-state index in [9.17, 15) is 9.59 Å². The van der Waals surface area contributed by atoms with Gasteiger partial charge in [-0.15, -0.1) is 0 Å². The Hall–Kier alpha value is -3.71. The van der Waals surface area contributed by atoms with E-state index in [2.05, 4.69) is 10.3 Å². The highest BCUT2D eigenvalue weighted by Gasteiger charge is 2.22. The van der Waals surface area contributed by atoms with Crippen molar-refractivity contribution in [1.29, 1.82) is 0 Å². The van der Waals surface area contributed by atoms with E-state index in [4.69, 9.17) is 9.47 Å². The van der Waals surface area contributed by atoms with Crippen LogP contribution in [0.5, 0.6) is 5.75 Å². The minimum absolute atomic E-state index is 0.251. The van der Waals surface area contributed by atoms with Gasteiger partial charge in [-0.1, -0.05) is 65.9 Å². The van der Waals surface area contributed by atoms with Crippen molar-refractivity contribution in [3.05, 3.63) is 77.2 Å². The van der Waals surface area contributed by atoms with Gasteiger partial charge in [0.1, 0.15) is 10.6 Å². The molecular formula is C24H20N2O4S. The van der Waals surface area contributed by atoms with Gasteiger partial charge in [0.15, 0.2) is 5.13 Å². The van der Waals surface area contributed by atoms with Crippen LogP contribution >= 0.6 is 11.3 Å². The molecule has 3 aromatic carbocycles. The van der Waals surface area contributed by atoms with Crippen LogP contribution in [-0.2, 0) is 4.74 Å². The molecule has 1 aromatic heterocycles. The molecule has 6 nitrogen and oxygen atoms in total. The fraction of sp³-hybridized carbons (Fsp3) is 0.125. The Morgan fingerprint density at radius 3 is 2.35 bits per heavy atom. The van der Waals surface area contributed by atoms with Gasteiger partial charge in [0.05, 0.1) is 25.0 Å². The molecular weight excluding hydrogens is 412 g/mol. The molecule has 0 saturated carbocycles. The third-order valence-corrected chi connectivity index (χ3v) is 5.62. The maximum absolute atomic E-state index is 13.0. The minimum Gasteiger partial charge on any atom is -0.496 e. The lowest BCUT2D eigenvalue weighted by Crippen LogP contribution is -2.13. The Morgan fingerprint density at radius 2 is 1.68 bits per heavy atom. The van der Waals surface area contributed by atoms with Crippen LogP contribution in [0.2, 0.25) is 0 Å². The molecule has 0 bridgehead atoms. The number of rotatable bonds is 6. The molecule has 0 atom stereocenters. The van der Waals surface area contributed by atoms with Crippen LogP contribution in [0.1, 0.15) is 27.0 Å². The monoisotopic (exact) mass is 432 g/mol. The Labute approximate surface area is 183 Å². The third-order valence-electron chi connectivity index (χ3n) is 4.67. The average molecular weight is 433 g/mol. The average Bonchev–Trinajstić information content (AvgIpc) is 3.22. The number of esters is 1. The van der Waals surface area contributed by atoms with Crippen LogP contribution in [0.25, 0.3) is 22.0 Å². The van der Waals surface area contributed by atoms with Crippen LogP contribution in [0, 0.1) is 0 Å². The number of ether oxygens (including phenoxy) is 2. The highest BCUT2D eigenvalue weighted by molar-refractivity contribution is 7.18. The van der Waals surface area contributed by atoms with E-state index < -0.39 is 5.97 Å². The van der Waals surface area contributed by atoms with Gasteiger partial charge in [0.2, 0.25) is 0 Å². The Morgan fingerprint density at radius 1 is 1.00 bits per heavy atom. The molecule has 0 spiro atoms. The van der Waals surface area contributed by atoms with E-state index in [1.807, 2.05) is 60.7 Å². The van der Waals surface area contributed by atoms with E-state index >= 15 is 0 Å². The second kappa shape index (κ2) is 8.97. The zero-order chi connectivity index (χ0) is 21.8. The molecule has 1 heterocycles. The van der Waals surface area contributed by atoms with Gasteiger partial charge in [-0.3, -0.25) is 10.1 Å². The van der Waals surface area contributed by atoms with Crippen molar-refractivity contribution in [1.82, 2.24) is 4.98 Å². The van der Waals surface area contributed by atoms with Crippen LogP contribution in [0.15, 0.2) is 66.7 Å². The van der Waals surface area contributed by atoms with Crippen molar-refractivity contribution in [3.63, 3.8) is 0 Å². The first-order chi connectivity index (χ1) is 15.1. The van der Waals surface area contributed by atoms with E-state index in [1.54, 1.807) is 13.0 Å². The largest absolute Gasteiger partial charge is 0.496 e. The van der Waals surface area contributed by atoms with Gasteiger partial charge in [-0.2, -0.15) is 0 Å². The topological polar surface area (TPSA) is 77.5 Å². The highest BCUT2D eigenvalue weighted by Crippen LogP contribution is 2.33. The number of hydrogen-bond donors (Lipinski definition) is 1. The molecule has 7 heteroatoms. The maximum atomic E-state index is 13.0. The Kier molecular flexibility index (Phi) is 5.95.